The molecule has 0 saturated carbocycles. The summed E-state index contributed by atoms with van der Waals surface area (Å²) in [6.07, 6.45) is 2.34. The Hall–Kier alpha value is -1.91. The fraction of sp³-hybridized carbons (Fsp3) is 0.579. The van der Waals surface area contributed by atoms with Crippen molar-refractivity contribution in [3.05, 3.63) is 35.6 Å². The Bertz CT molecular complexity index is 578. The molecule has 1 aromatic carbocycles. The third kappa shape index (κ3) is 5.05. The second kappa shape index (κ2) is 7.77. The van der Waals surface area contributed by atoms with Crippen molar-refractivity contribution in [1.82, 2.24) is 10.2 Å². The van der Waals surface area contributed by atoms with E-state index in [-0.39, 0.29) is 23.5 Å². The molecule has 132 valence electrons. The van der Waals surface area contributed by atoms with Crippen molar-refractivity contribution >= 4 is 11.8 Å². The van der Waals surface area contributed by atoms with Crippen LogP contribution in [-0.4, -0.2) is 36.3 Å². The molecule has 1 fully saturated rings. The maximum Gasteiger partial charge on any atom is 0.227 e. The third-order valence-corrected chi connectivity index (χ3v) is 4.35. The average molecular weight is 334 g/mol. The van der Waals surface area contributed by atoms with E-state index in [2.05, 4.69) is 5.32 Å². The number of amides is 2. The lowest BCUT2D eigenvalue weighted by molar-refractivity contribution is -0.142. The number of piperidine rings is 1. The Labute approximate surface area is 143 Å². The number of nitrogens with one attached hydrogen (secondary N) is 1. The fourth-order valence-corrected chi connectivity index (χ4v) is 2.98. The molecular weight excluding hydrogens is 307 g/mol. The van der Waals surface area contributed by atoms with Crippen LogP contribution < -0.4 is 5.32 Å². The summed E-state index contributed by atoms with van der Waals surface area (Å²) in [5, 5.41) is 2.94. The molecule has 1 atom stereocenters. The largest absolute Gasteiger partial charge is 0.355 e. The Balaban J connectivity index is 1.81. The molecule has 0 radical (unpaired) electrons. The van der Waals surface area contributed by atoms with Crippen molar-refractivity contribution in [2.24, 2.45) is 11.3 Å². The standard InChI is InChI=1S/C19H27FN2O2/c1-19(2,3)18(24)22-12-4-5-15(13-22)17(23)21-11-10-14-6-8-16(20)9-7-14/h6-9,15H,4-5,10-13H2,1-3H3,(H,21,23). The first kappa shape index (κ1) is 18.4. The van der Waals surface area contributed by atoms with Gasteiger partial charge in [-0.15, -0.1) is 0 Å². The van der Waals surface area contributed by atoms with Crippen molar-refractivity contribution < 1.29 is 14.0 Å². The normalized spacial score (nSPS) is 18.3. The smallest absolute Gasteiger partial charge is 0.227 e. The number of hydrogen-bond donors (Lipinski definition) is 1. The highest BCUT2D eigenvalue weighted by Gasteiger charge is 2.33. The summed E-state index contributed by atoms with van der Waals surface area (Å²) in [6.45, 7) is 7.47. The maximum absolute atomic E-state index is 12.9. The van der Waals surface area contributed by atoms with E-state index in [1.54, 1.807) is 12.1 Å². The minimum Gasteiger partial charge on any atom is -0.355 e. The van der Waals surface area contributed by atoms with Gasteiger partial charge in [-0.05, 0) is 37.0 Å². The van der Waals surface area contributed by atoms with Crippen LogP contribution in [0.3, 0.4) is 0 Å². The van der Waals surface area contributed by atoms with Gasteiger partial charge in [0.25, 0.3) is 0 Å². The predicted molar refractivity (Wildman–Crippen MR) is 91.9 cm³/mol. The maximum atomic E-state index is 12.9. The molecule has 1 saturated heterocycles. The summed E-state index contributed by atoms with van der Waals surface area (Å²) in [6, 6.07) is 6.31. The second-order valence-electron chi connectivity index (χ2n) is 7.51. The first-order valence-corrected chi connectivity index (χ1v) is 8.59. The molecule has 1 unspecified atom stereocenters. The van der Waals surface area contributed by atoms with Crippen molar-refractivity contribution in [2.75, 3.05) is 19.6 Å². The van der Waals surface area contributed by atoms with E-state index in [9.17, 15) is 14.0 Å². The van der Waals surface area contributed by atoms with Gasteiger partial charge in [0.1, 0.15) is 5.82 Å². The molecule has 0 aromatic heterocycles. The predicted octanol–water partition coefficient (Wildman–Crippen LogP) is 2.77. The first-order chi connectivity index (χ1) is 11.3. The molecule has 0 spiro atoms. The Morgan fingerprint density at radius 3 is 2.54 bits per heavy atom. The van der Waals surface area contributed by atoms with E-state index in [0.29, 0.717) is 19.5 Å². The van der Waals surface area contributed by atoms with Crippen LogP contribution in [0.25, 0.3) is 0 Å². The lowest BCUT2D eigenvalue weighted by Gasteiger charge is -2.35. The number of halogens is 1. The van der Waals surface area contributed by atoms with Crippen LogP contribution in [0.5, 0.6) is 0 Å². The van der Waals surface area contributed by atoms with Crippen molar-refractivity contribution in [1.29, 1.82) is 0 Å². The van der Waals surface area contributed by atoms with Crippen molar-refractivity contribution in [3.8, 4) is 0 Å². The number of likely N-dealkylation sites (tertiary alicyclic amines) is 1. The molecule has 1 aromatic rings. The summed E-state index contributed by atoms with van der Waals surface area (Å²) in [5.41, 5.74) is 0.575. The van der Waals surface area contributed by atoms with Gasteiger partial charge in [0.15, 0.2) is 0 Å². The highest BCUT2D eigenvalue weighted by atomic mass is 19.1. The number of carbonyl (C=O) groups is 2. The Morgan fingerprint density at radius 2 is 1.92 bits per heavy atom. The van der Waals surface area contributed by atoms with Gasteiger partial charge in [-0.25, -0.2) is 4.39 Å². The van der Waals surface area contributed by atoms with Gasteiger partial charge in [0, 0.05) is 25.0 Å². The van der Waals surface area contributed by atoms with Gasteiger partial charge in [-0.3, -0.25) is 9.59 Å². The van der Waals surface area contributed by atoms with Crippen molar-refractivity contribution in [3.63, 3.8) is 0 Å². The van der Waals surface area contributed by atoms with Gasteiger partial charge >= 0.3 is 0 Å². The Kier molecular flexibility index (Phi) is 5.97. The van der Waals surface area contributed by atoms with E-state index in [1.165, 1.54) is 12.1 Å². The molecule has 2 rings (SSSR count). The number of benzene rings is 1. The number of carbonyl (C=O) groups excluding carboxylic acids is 2. The zero-order chi connectivity index (χ0) is 17.7. The summed E-state index contributed by atoms with van der Waals surface area (Å²) in [5.74, 6) is -0.290. The fourth-order valence-electron chi connectivity index (χ4n) is 2.98. The highest BCUT2D eigenvalue weighted by molar-refractivity contribution is 5.83. The summed E-state index contributed by atoms with van der Waals surface area (Å²) >= 11 is 0. The van der Waals surface area contributed by atoms with Crippen LogP contribution in [0.4, 0.5) is 4.39 Å². The highest BCUT2D eigenvalue weighted by Crippen LogP contribution is 2.23. The van der Waals surface area contributed by atoms with Gasteiger partial charge in [-0.1, -0.05) is 32.9 Å². The quantitative estimate of drug-likeness (QED) is 0.920. The van der Waals surface area contributed by atoms with Crippen LogP contribution in [0.2, 0.25) is 0 Å². The van der Waals surface area contributed by atoms with Gasteiger partial charge < -0.3 is 10.2 Å². The zero-order valence-electron chi connectivity index (χ0n) is 14.8. The van der Waals surface area contributed by atoms with E-state index in [1.807, 2.05) is 25.7 Å². The monoisotopic (exact) mass is 334 g/mol. The number of rotatable bonds is 4. The minimum atomic E-state index is -0.416. The topological polar surface area (TPSA) is 49.4 Å². The van der Waals surface area contributed by atoms with Crippen LogP contribution in [0.1, 0.15) is 39.2 Å². The molecule has 1 heterocycles. The van der Waals surface area contributed by atoms with Crippen molar-refractivity contribution in [2.45, 2.75) is 40.0 Å². The van der Waals surface area contributed by atoms with E-state index in [0.717, 1.165) is 24.9 Å². The number of nitrogens with zero attached hydrogens (tertiary/aromatic N) is 1. The van der Waals surface area contributed by atoms with E-state index >= 15 is 0 Å². The third-order valence-electron chi connectivity index (χ3n) is 4.35. The van der Waals surface area contributed by atoms with Crippen LogP contribution >= 0.6 is 0 Å². The van der Waals surface area contributed by atoms with E-state index < -0.39 is 5.41 Å². The number of hydrogen-bond acceptors (Lipinski definition) is 2. The second-order valence-corrected chi connectivity index (χ2v) is 7.51. The van der Waals surface area contributed by atoms with Crippen LogP contribution in [-0.2, 0) is 16.0 Å². The van der Waals surface area contributed by atoms with Crippen LogP contribution in [0.15, 0.2) is 24.3 Å². The molecular formula is C19H27FN2O2. The van der Waals surface area contributed by atoms with Crippen LogP contribution in [0, 0.1) is 17.2 Å². The summed E-state index contributed by atoms with van der Waals surface area (Å²) < 4.78 is 12.9. The molecule has 0 aliphatic carbocycles. The van der Waals surface area contributed by atoms with Gasteiger partial charge in [-0.2, -0.15) is 0 Å². The molecule has 5 heteroatoms. The lowest BCUT2D eigenvalue weighted by Crippen LogP contribution is -2.48. The molecule has 1 N–H and O–H groups in total. The first-order valence-electron chi connectivity index (χ1n) is 8.59. The average Bonchev–Trinajstić information content (AvgIpc) is 2.55. The molecule has 4 nitrogen and oxygen atoms in total. The molecule has 2 amide bonds. The molecule has 0 bridgehead atoms. The summed E-state index contributed by atoms with van der Waals surface area (Å²) in [4.78, 5) is 26.5. The SMILES string of the molecule is CC(C)(C)C(=O)N1CCCC(C(=O)NCCc2ccc(F)cc2)C1. The van der Waals surface area contributed by atoms with E-state index in [4.69, 9.17) is 0 Å². The zero-order valence-corrected chi connectivity index (χ0v) is 14.8. The summed E-state index contributed by atoms with van der Waals surface area (Å²) in [7, 11) is 0. The minimum absolute atomic E-state index is 0.00326. The van der Waals surface area contributed by atoms with Gasteiger partial charge in [0.05, 0.1) is 5.92 Å². The lowest BCUT2D eigenvalue weighted by atomic mass is 9.91. The Morgan fingerprint density at radius 1 is 1.25 bits per heavy atom. The van der Waals surface area contributed by atoms with Gasteiger partial charge in [0.2, 0.25) is 11.8 Å². The molecule has 1 aliphatic heterocycles. The molecule has 24 heavy (non-hydrogen) atoms. The molecule has 1 aliphatic rings.